The lowest BCUT2D eigenvalue weighted by atomic mass is 10.0. The summed E-state index contributed by atoms with van der Waals surface area (Å²) < 4.78 is 18.0. The zero-order valence-corrected chi connectivity index (χ0v) is 18.5. The zero-order valence-electron chi connectivity index (χ0n) is 18.5. The first-order chi connectivity index (χ1) is 16.4. The predicted octanol–water partition coefficient (Wildman–Crippen LogP) is 2.64. The number of ether oxygens (including phenoxy) is 1. The van der Waals surface area contributed by atoms with E-state index in [1.54, 1.807) is 48.5 Å². The van der Waals surface area contributed by atoms with Gasteiger partial charge in [-0.25, -0.2) is 9.37 Å². The summed E-state index contributed by atoms with van der Waals surface area (Å²) in [6.45, 7) is 0.259. The maximum Gasteiger partial charge on any atom is 0.324 e. The van der Waals surface area contributed by atoms with Crippen LogP contribution in [0.1, 0.15) is 21.5 Å². The summed E-state index contributed by atoms with van der Waals surface area (Å²) in [4.78, 5) is 28.9. The number of esters is 1. The smallest absolute Gasteiger partial charge is 0.324 e. The molecule has 0 aliphatic carbocycles. The largest absolute Gasteiger partial charge is 0.468 e. The van der Waals surface area contributed by atoms with Crippen LogP contribution in [0, 0.1) is 17.1 Å². The lowest BCUT2D eigenvalue weighted by Gasteiger charge is -2.15. The summed E-state index contributed by atoms with van der Waals surface area (Å²) in [6, 6.07) is 17.6. The van der Waals surface area contributed by atoms with E-state index < -0.39 is 17.9 Å². The van der Waals surface area contributed by atoms with Crippen LogP contribution in [0.3, 0.4) is 0 Å². The van der Waals surface area contributed by atoms with Gasteiger partial charge in [0.2, 0.25) is 0 Å². The number of amides is 1. The first kappa shape index (κ1) is 24.4. The van der Waals surface area contributed by atoms with Crippen molar-refractivity contribution in [2.45, 2.75) is 12.5 Å². The lowest BCUT2D eigenvalue weighted by molar-refractivity contribution is -0.141. The number of anilines is 1. The van der Waals surface area contributed by atoms with E-state index in [1.807, 2.05) is 0 Å². The Morgan fingerprint density at radius 1 is 1.18 bits per heavy atom. The molecular formula is C25H24FN5O3. The van der Waals surface area contributed by atoms with Crippen molar-refractivity contribution in [2.24, 2.45) is 5.73 Å². The summed E-state index contributed by atoms with van der Waals surface area (Å²) in [5.74, 6) is -1.17. The van der Waals surface area contributed by atoms with Gasteiger partial charge in [0.15, 0.2) is 0 Å². The maximum absolute atomic E-state index is 13.5. The Bertz CT molecular complexity index is 1230. The van der Waals surface area contributed by atoms with Crippen LogP contribution < -0.4 is 16.4 Å². The summed E-state index contributed by atoms with van der Waals surface area (Å²) in [5.41, 5.74) is 8.29. The molecular weight excluding hydrogens is 437 g/mol. The van der Waals surface area contributed by atoms with Crippen molar-refractivity contribution in [1.82, 2.24) is 10.3 Å². The van der Waals surface area contributed by atoms with E-state index in [1.165, 1.54) is 19.2 Å². The molecule has 1 amide bonds. The van der Waals surface area contributed by atoms with E-state index in [0.717, 1.165) is 5.56 Å². The molecule has 174 valence electrons. The number of aromatic nitrogens is 1. The van der Waals surface area contributed by atoms with Gasteiger partial charge < -0.3 is 21.1 Å². The quantitative estimate of drug-likeness (QED) is 0.418. The molecule has 0 saturated heterocycles. The first-order valence-corrected chi connectivity index (χ1v) is 10.5. The second-order valence-corrected chi connectivity index (χ2v) is 7.40. The molecule has 0 bridgehead atoms. The van der Waals surface area contributed by atoms with Crippen LogP contribution in [-0.2, 0) is 16.0 Å². The average molecular weight is 461 g/mol. The number of hydrogen-bond acceptors (Lipinski definition) is 7. The van der Waals surface area contributed by atoms with E-state index >= 15 is 0 Å². The van der Waals surface area contributed by atoms with Crippen LogP contribution in [0.5, 0.6) is 0 Å². The van der Waals surface area contributed by atoms with Gasteiger partial charge in [0.05, 0.1) is 30.0 Å². The molecule has 0 spiro atoms. The molecule has 3 aromatic rings. The topological polar surface area (TPSA) is 130 Å². The summed E-state index contributed by atoms with van der Waals surface area (Å²) in [6.07, 6.45) is 0.493. The molecule has 34 heavy (non-hydrogen) atoms. The molecule has 8 nitrogen and oxygen atoms in total. The fourth-order valence-electron chi connectivity index (χ4n) is 3.28. The molecule has 9 heteroatoms. The van der Waals surface area contributed by atoms with Crippen molar-refractivity contribution in [2.75, 3.05) is 25.5 Å². The molecule has 1 aromatic heterocycles. The third-order valence-corrected chi connectivity index (χ3v) is 5.04. The van der Waals surface area contributed by atoms with Crippen molar-refractivity contribution in [1.29, 1.82) is 5.26 Å². The Hall–Kier alpha value is -4.29. The highest BCUT2D eigenvalue weighted by Crippen LogP contribution is 2.25. The highest BCUT2D eigenvalue weighted by molar-refractivity contribution is 5.99. The number of nitrogens with one attached hydrogen (secondary N) is 2. The number of hydrogen-bond donors (Lipinski definition) is 3. The highest BCUT2D eigenvalue weighted by Gasteiger charge is 2.19. The molecule has 1 heterocycles. The molecule has 3 rings (SSSR count). The van der Waals surface area contributed by atoms with Crippen LogP contribution in [0.15, 0.2) is 60.7 Å². The van der Waals surface area contributed by atoms with Crippen LogP contribution >= 0.6 is 0 Å². The van der Waals surface area contributed by atoms with E-state index in [9.17, 15) is 19.2 Å². The number of halogens is 1. The summed E-state index contributed by atoms with van der Waals surface area (Å²) in [5, 5.41) is 15.2. The molecule has 0 aliphatic rings. The minimum atomic E-state index is -1.01. The molecule has 0 fully saturated rings. The first-order valence-electron chi connectivity index (χ1n) is 10.5. The van der Waals surface area contributed by atoms with E-state index in [2.05, 4.69) is 26.4 Å². The average Bonchev–Trinajstić information content (AvgIpc) is 2.86. The number of carbonyl (C=O) groups excluding carboxylic acids is 2. The number of nitrogens with two attached hydrogens (primary N) is 1. The van der Waals surface area contributed by atoms with Gasteiger partial charge in [-0.1, -0.05) is 30.3 Å². The Balaban J connectivity index is 1.85. The normalized spacial score (nSPS) is 11.2. The fourth-order valence-corrected chi connectivity index (χ4v) is 3.28. The Morgan fingerprint density at radius 3 is 2.71 bits per heavy atom. The second-order valence-electron chi connectivity index (χ2n) is 7.40. The molecule has 2 aromatic carbocycles. The molecule has 0 saturated carbocycles. The van der Waals surface area contributed by atoms with Crippen LogP contribution in [0.2, 0.25) is 0 Å². The third kappa shape index (κ3) is 6.15. The van der Waals surface area contributed by atoms with Crippen LogP contribution in [0.4, 0.5) is 10.2 Å². The number of nitrogens with zero attached hydrogens (tertiary/aromatic N) is 2. The van der Waals surface area contributed by atoms with E-state index in [4.69, 9.17) is 5.73 Å². The predicted molar refractivity (Wildman–Crippen MR) is 125 cm³/mol. The monoisotopic (exact) mass is 461 g/mol. The maximum atomic E-state index is 13.5. The van der Waals surface area contributed by atoms with Gasteiger partial charge in [-0.3, -0.25) is 9.59 Å². The number of pyridine rings is 1. The molecule has 4 N–H and O–H groups in total. The molecule has 0 aliphatic heterocycles. The number of methoxy groups -OCH3 is 1. The Labute approximate surface area is 196 Å². The number of carbonyl (C=O) groups is 2. The minimum Gasteiger partial charge on any atom is -0.468 e. The van der Waals surface area contributed by atoms with Gasteiger partial charge >= 0.3 is 5.97 Å². The van der Waals surface area contributed by atoms with Gasteiger partial charge in [-0.15, -0.1) is 0 Å². The standard InChI is InChI=1S/C25H24FN5O3/c1-34-25(33)21(28)15-30-24(32)20-9-10-22(19-8-3-2-6-17(19)14-27)31-23(20)29-12-11-16-5-4-7-18(26)13-16/h2-10,13,21H,11-12,15,28H2,1H3,(H,29,31)(H,30,32)/t21-/m0/s1. The van der Waals surface area contributed by atoms with Gasteiger partial charge in [-0.05, 0) is 42.3 Å². The van der Waals surface area contributed by atoms with Crippen molar-refractivity contribution in [3.05, 3.63) is 83.2 Å². The summed E-state index contributed by atoms with van der Waals surface area (Å²) in [7, 11) is 1.21. The molecule has 0 radical (unpaired) electrons. The summed E-state index contributed by atoms with van der Waals surface area (Å²) >= 11 is 0. The molecule has 0 unspecified atom stereocenters. The van der Waals surface area contributed by atoms with Gasteiger partial charge in [-0.2, -0.15) is 5.26 Å². The van der Waals surface area contributed by atoms with Crippen molar-refractivity contribution in [3.63, 3.8) is 0 Å². The van der Waals surface area contributed by atoms with Gasteiger partial charge in [0, 0.05) is 18.7 Å². The zero-order chi connectivity index (χ0) is 24.5. The van der Waals surface area contributed by atoms with Gasteiger partial charge in [0.1, 0.15) is 17.7 Å². The number of nitriles is 1. The van der Waals surface area contributed by atoms with Crippen molar-refractivity contribution in [3.8, 4) is 17.3 Å². The van der Waals surface area contributed by atoms with E-state index in [-0.39, 0.29) is 23.7 Å². The highest BCUT2D eigenvalue weighted by atomic mass is 19.1. The Kier molecular flexibility index (Phi) is 8.26. The lowest BCUT2D eigenvalue weighted by Crippen LogP contribution is -2.43. The minimum absolute atomic E-state index is 0.118. The van der Waals surface area contributed by atoms with Gasteiger partial charge in [0.25, 0.3) is 5.91 Å². The number of rotatable bonds is 9. The fraction of sp³-hybridized carbons (Fsp3) is 0.200. The second kappa shape index (κ2) is 11.5. The number of benzene rings is 2. The van der Waals surface area contributed by atoms with Crippen LogP contribution in [-0.4, -0.2) is 43.1 Å². The van der Waals surface area contributed by atoms with Crippen molar-refractivity contribution >= 4 is 17.7 Å². The molecule has 1 atom stereocenters. The van der Waals surface area contributed by atoms with Crippen LogP contribution in [0.25, 0.3) is 11.3 Å². The van der Waals surface area contributed by atoms with Crippen molar-refractivity contribution < 1.29 is 18.7 Å². The Morgan fingerprint density at radius 2 is 1.97 bits per heavy atom. The van der Waals surface area contributed by atoms with E-state index in [0.29, 0.717) is 29.8 Å². The third-order valence-electron chi connectivity index (χ3n) is 5.04. The SMILES string of the molecule is COC(=O)[C@@H](N)CNC(=O)c1ccc(-c2ccccc2C#N)nc1NCCc1cccc(F)c1.